The number of benzene rings is 1. The standard InChI is InChI=1S/C14H20FN/c1-11(15)10-12-6-2-3-7-13(12)14-8-4-5-9-16-14/h2-3,6-7,11,14,16H,4-5,8-10H2,1H3. The van der Waals surface area contributed by atoms with Gasteiger partial charge in [0.05, 0.1) is 0 Å². The molecule has 1 heterocycles. The van der Waals surface area contributed by atoms with Gasteiger partial charge in [0.25, 0.3) is 0 Å². The molecular weight excluding hydrogens is 201 g/mol. The molecule has 0 spiro atoms. The Morgan fingerprint density at radius 1 is 1.38 bits per heavy atom. The first-order valence-electron chi connectivity index (χ1n) is 6.22. The van der Waals surface area contributed by atoms with E-state index >= 15 is 0 Å². The quantitative estimate of drug-likeness (QED) is 0.825. The van der Waals surface area contributed by atoms with Crippen LogP contribution in [0.15, 0.2) is 24.3 Å². The van der Waals surface area contributed by atoms with Crippen molar-refractivity contribution < 1.29 is 4.39 Å². The lowest BCUT2D eigenvalue weighted by Crippen LogP contribution is -2.27. The topological polar surface area (TPSA) is 12.0 Å². The molecule has 1 fully saturated rings. The molecule has 1 aliphatic heterocycles. The van der Waals surface area contributed by atoms with E-state index in [-0.39, 0.29) is 0 Å². The average molecular weight is 221 g/mol. The van der Waals surface area contributed by atoms with Crippen LogP contribution in [0.4, 0.5) is 4.39 Å². The molecule has 1 aromatic rings. The Bertz CT molecular complexity index is 329. The van der Waals surface area contributed by atoms with Crippen molar-refractivity contribution in [1.82, 2.24) is 5.32 Å². The third-order valence-electron chi connectivity index (χ3n) is 3.24. The number of hydrogen-bond donors (Lipinski definition) is 1. The summed E-state index contributed by atoms with van der Waals surface area (Å²) in [6.07, 6.45) is 3.49. The van der Waals surface area contributed by atoms with E-state index in [1.54, 1.807) is 6.92 Å². The van der Waals surface area contributed by atoms with Crippen LogP contribution in [0.5, 0.6) is 0 Å². The van der Waals surface area contributed by atoms with Crippen molar-refractivity contribution in [2.45, 2.75) is 44.8 Å². The maximum absolute atomic E-state index is 13.1. The number of halogens is 1. The maximum Gasteiger partial charge on any atom is 0.101 e. The molecule has 1 aromatic carbocycles. The van der Waals surface area contributed by atoms with Gasteiger partial charge in [-0.15, -0.1) is 0 Å². The first-order chi connectivity index (χ1) is 7.77. The zero-order valence-electron chi connectivity index (χ0n) is 9.88. The van der Waals surface area contributed by atoms with Gasteiger partial charge in [0, 0.05) is 12.5 Å². The Balaban J connectivity index is 2.17. The summed E-state index contributed by atoms with van der Waals surface area (Å²) in [5.41, 5.74) is 2.46. The Morgan fingerprint density at radius 3 is 2.88 bits per heavy atom. The predicted molar refractivity (Wildman–Crippen MR) is 65.3 cm³/mol. The van der Waals surface area contributed by atoms with Crippen molar-refractivity contribution in [3.8, 4) is 0 Å². The highest BCUT2D eigenvalue weighted by atomic mass is 19.1. The number of rotatable bonds is 3. The molecule has 2 atom stereocenters. The number of hydrogen-bond acceptors (Lipinski definition) is 1. The van der Waals surface area contributed by atoms with Crippen LogP contribution >= 0.6 is 0 Å². The Labute approximate surface area is 97.1 Å². The highest BCUT2D eigenvalue weighted by Crippen LogP contribution is 2.26. The fourth-order valence-electron chi connectivity index (χ4n) is 2.48. The highest BCUT2D eigenvalue weighted by Gasteiger charge is 2.17. The number of piperidine rings is 1. The van der Waals surface area contributed by atoms with Crippen LogP contribution in [0.2, 0.25) is 0 Å². The Kier molecular flexibility index (Phi) is 3.94. The van der Waals surface area contributed by atoms with E-state index in [9.17, 15) is 4.39 Å². The van der Waals surface area contributed by atoms with Crippen molar-refractivity contribution in [1.29, 1.82) is 0 Å². The molecule has 0 saturated carbocycles. The molecule has 0 aromatic heterocycles. The fraction of sp³-hybridized carbons (Fsp3) is 0.571. The van der Waals surface area contributed by atoms with Crippen LogP contribution in [0.25, 0.3) is 0 Å². The second kappa shape index (κ2) is 5.44. The molecule has 88 valence electrons. The summed E-state index contributed by atoms with van der Waals surface area (Å²) in [6.45, 7) is 2.72. The predicted octanol–water partition coefficient (Wildman–Crippen LogP) is 3.40. The van der Waals surface area contributed by atoms with Crippen molar-refractivity contribution in [2.24, 2.45) is 0 Å². The van der Waals surface area contributed by atoms with Crippen molar-refractivity contribution in [2.75, 3.05) is 6.54 Å². The van der Waals surface area contributed by atoms with Gasteiger partial charge in [-0.05, 0) is 37.4 Å². The minimum Gasteiger partial charge on any atom is -0.310 e. The molecule has 1 aliphatic rings. The van der Waals surface area contributed by atoms with Gasteiger partial charge in [0.2, 0.25) is 0 Å². The van der Waals surface area contributed by atoms with Gasteiger partial charge in [-0.3, -0.25) is 0 Å². The van der Waals surface area contributed by atoms with Crippen LogP contribution in [-0.4, -0.2) is 12.7 Å². The largest absolute Gasteiger partial charge is 0.310 e. The van der Waals surface area contributed by atoms with Crippen molar-refractivity contribution >= 4 is 0 Å². The summed E-state index contributed by atoms with van der Waals surface area (Å²) < 4.78 is 13.1. The third-order valence-corrected chi connectivity index (χ3v) is 3.24. The fourth-order valence-corrected chi connectivity index (χ4v) is 2.48. The molecule has 0 radical (unpaired) electrons. The van der Waals surface area contributed by atoms with Gasteiger partial charge >= 0.3 is 0 Å². The van der Waals surface area contributed by atoms with E-state index in [0.29, 0.717) is 12.5 Å². The van der Waals surface area contributed by atoms with E-state index in [4.69, 9.17) is 0 Å². The smallest absolute Gasteiger partial charge is 0.101 e. The number of alkyl halides is 1. The summed E-state index contributed by atoms with van der Waals surface area (Å²) in [5.74, 6) is 0. The second-order valence-corrected chi connectivity index (χ2v) is 4.69. The lowest BCUT2D eigenvalue weighted by Gasteiger charge is -2.26. The van der Waals surface area contributed by atoms with Crippen LogP contribution < -0.4 is 5.32 Å². The first kappa shape index (κ1) is 11.6. The molecule has 1 saturated heterocycles. The summed E-state index contributed by atoms with van der Waals surface area (Å²) in [4.78, 5) is 0. The lowest BCUT2D eigenvalue weighted by molar-refractivity contribution is 0.355. The maximum atomic E-state index is 13.1. The molecule has 0 aliphatic carbocycles. The summed E-state index contributed by atoms with van der Waals surface area (Å²) in [7, 11) is 0. The van der Waals surface area contributed by atoms with Gasteiger partial charge in [0.15, 0.2) is 0 Å². The van der Waals surface area contributed by atoms with Gasteiger partial charge in [-0.2, -0.15) is 0 Å². The SMILES string of the molecule is CC(F)Cc1ccccc1C1CCCCN1. The van der Waals surface area contributed by atoms with Crippen molar-refractivity contribution in [3.05, 3.63) is 35.4 Å². The normalized spacial score (nSPS) is 23.0. The zero-order chi connectivity index (χ0) is 11.4. The van der Waals surface area contributed by atoms with Crippen LogP contribution in [0.1, 0.15) is 43.4 Å². The van der Waals surface area contributed by atoms with Crippen LogP contribution in [0.3, 0.4) is 0 Å². The molecule has 1 N–H and O–H groups in total. The average Bonchev–Trinajstić information content (AvgIpc) is 2.30. The first-order valence-corrected chi connectivity index (χ1v) is 6.22. The van der Waals surface area contributed by atoms with E-state index in [2.05, 4.69) is 23.5 Å². The molecule has 2 heteroatoms. The minimum atomic E-state index is -0.759. The third kappa shape index (κ3) is 2.82. The lowest BCUT2D eigenvalue weighted by atomic mass is 9.92. The minimum absolute atomic E-state index is 0.434. The summed E-state index contributed by atoms with van der Waals surface area (Å²) in [5, 5.41) is 3.53. The molecule has 2 rings (SSSR count). The van der Waals surface area contributed by atoms with E-state index in [1.807, 2.05) is 6.07 Å². The molecule has 1 nitrogen and oxygen atoms in total. The van der Waals surface area contributed by atoms with Gasteiger partial charge in [0.1, 0.15) is 6.17 Å². The Morgan fingerprint density at radius 2 is 2.19 bits per heavy atom. The highest BCUT2D eigenvalue weighted by molar-refractivity contribution is 5.30. The van der Waals surface area contributed by atoms with E-state index in [0.717, 1.165) is 12.1 Å². The zero-order valence-corrected chi connectivity index (χ0v) is 9.88. The molecule has 16 heavy (non-hydrogen) atoms. The van der Waals surface area contributed by atoms with Gasteiger partial charge in [-0.1, -0.05) is 30.7 Å². The molecule has 2 unspecified atom stereocenters. The molecule has 0 bridgehead atoms. The van der Waals surface area contributed by atoms with E-state index < -0.39 is 6.17 Å². The van der Waals surface area contributed by atoms with Crippen molar-refractivity contribution in [3.63, 3.8) is 0 Å². The van der Waals surface area contributed by atoms with Crippen LogP contribution in [-0.2, 0) is 6.42 Å². The monoisotopic (exact) mass is 221 g/mol. The summed E-state index contributed by atoms with van der Waals surface area (Å²) >= 11 is 0. The van der Waals surface area contributed by atoms with Crippen LogP contribution in [0, 0.1) is 0 Å². The molecular formula is C14H20FN. The Hall–Kier alpha value is -0.890. The second-order valence-electron chi connectivity index (χ2n) is 4.69. The van der Waals surface area contributed by atoms with E-state index in [1.165, 1.54) is 24.8 Å². The molecule has 0 amide bonds. The van der Waals surface area contributed by atoms with Gasteiger partial charge < -0.3 is 5.32 Å². The summed E-state index contributed by atoms with van der Waals surface area (Å²) in [6, 6.07) is 8.69. The van der Waals surface area contributed by atoms with Gasteiger partial charge in [-0.25, -0.2) is 4.39 Å². The number of nitrogens with one attached hydrogen (secondary N) is 1.